The van der Waals surface area contributed by atoms with Crippen molar-refractivity contribution in [3.05, 3.63) is 46.9 Å². The number of pyridine rings is 1. The van der Waals surface area contributed by atoms with Gasteiger partial charge in [-0.05, 0) is 43.9 Å². The molecule has 0 unspecified atom stereocenters. The van der Waals surface area contributed by atoms with E-state index < -0.39 is 12.7 Å². The number of hydrogen-bond acceptors (Lipinski definition) is 4. The molecule has 0 bridgehead atoms. The van der Waals surface area contributed by atoms with Crippen molar-refractivity contribution in [3.63, 3.8) is 0 Å². The van der Waals surface area contributed by atoms with Crippen molar-refractivity contribution in [2.24, 2.45) is 0 Å². The summed E-state index contributed by atoms with van der Waals surface area (Å²) in [6, 6.07) is 9.28. The lowest BCUT2D eigenvalue weighted by atomic mass is 9.91. The fourth-order valence-corrected chi connectivity index (χ4v) is 3.83. The Balaban J connectivity index is 1.48. The first-order chi connectivity index (χ1) is 13.9. The third-order valence-corrected chi connectivity index (χ3v) is 5.26. The number of H-pyrrole nitrogens is 2. The maximum Gasteiger partial charge on any atom is 0.401 e. The summed E-state index contributed by atoms with van der Waals surface area (Å²) in [5, 5.41) is 5.98. The summed E-state index contributed by atoms with van der Waals surface area (Å²) in [5.74, 6) is 0.482. The van der Waals surface area contributed by atoms with Crippen molar-refractivity contribution >= 4 is 16.7 Å². The molecule has 3 aromatic rings. The van der Waals surface area contributed by atoms with Gasteiger partial charge >= 0.3 is 6.18 Å². The number of halogens is 3. The van der Waals surface area contributed by atoms with Crippen LogP contribution in [0.3, 0.4) is 0 Å². The summed E-state index contributed by atoms with van der Waals surface area (Å²) < 4.78 is 37.1. The lowest BCUT2D eigenvalue weighted by Crippen LogP contribution is -2.41. The van der Waals surface area contributed by atoms with E-state index in [1.807, 2.05) is 24.3 Å². The molecule has 0 amide bonds. The van der Waals surface area contributed by atoms with Gasteiger partial charge in [-0.3, -0.25) is 4.79 Å². The van der Waals surface area contributed by atoms with Crippen LogP contribution in [0.4, 0.5) is 18.9 Å². The highest BCUT2D eigenvalue weighted by atomic mass is 19.4. The van der Waals surface area contributed by atoms with Gasteiger partial charge in [0.15, 0.2) is 0 Å². The molecular weight excluding hydrogens is 383 g/mol. The number of anilines is 1. The van der Waals surface area contributed by atoms with Crippen molar-refractivity contribution < 1.29 is 13.2 Å². The molecule has 1 fully saturated rings. The molecule has 1 aromatic carbocycles. The van der Waals surface area contributed by atoms with E-state index in [-0.39, 0.29) is 17.6 Å². The lowest BCUT2D eigenvalue weighted by molar-refractivity contribution is -0.126. The van der Waals surface area contributed by atoms with Gasteiger partial charge in [-0.2, -0.15) is 13.2 Å². The fraction of sp³-hybridized carbons (Fsp3) is 0.400. The van der Waals surface area contributed by atoms with Crippen LogP contribution in [0.2, 0.25) is 0 Å². The number of aromatic nitrogens is 3. The minimum atomic E-state index is -4.19. The number of benzene rings is 1. The average Bonchev–Trinajstić information content (AvgIpc) is 3.10. The Morgan fingerprint density at radius 2 is 1.79 bits per heavy atom. The zero-order valence-electron chi connectivity index (χ0n) is 15.6. The maximum atomic E-state index is 12.5. The Labute approximate surface area is 164 Å². The van der Waals surface area contributed by atoms with Gasteiger partial charge < -0.3 is 20.6 Å². The molecule has 0 radical (unpaired) electrons. The van der Waals surface area contributed by atoms with E-state index in [1.54, 1.807) is 12.3 Å². The Morgan fingerprint density at radius 3 is 2.52 bits per heavy atom. The van der Waals surface area contributed by atoms with Gasteiger partial charge in [-0.25, -0.2) is 4.98 Å². The van der Waals surface area contributed by atoms with Crippen LogP contribution < -0.4 is 16.2 Å². The van der Waals surface area contributed by atoms with Gasteiger partial charge in [-0.15, -0.1) is 0 Å². The van der Waals surface area contributed by atoms with E-state index in [0.29, 0.717) is 29.9 Å². The minimum Gasteiger partial charge on any atom is -0.382 e. The zero-order valence-corrected chi connectivity index (χ0v) is 15.6. The highest BCUT2D eigenvalue weighted by Crippen LogP contribution is 2.28. The van der Waals surface area contributed by atoms with E-state index >= 15 is 0 Å². The molecule has 29 heavy (non-hydrogen) atoms. The number of imidazole rings is 1. The van der Waals surface area contributed by atoms with Crippen LogP contribution >= 0.6 is 0 Å². The standard InChI is InChI=1S/C20H22F3N5O/c21-20(22,23)11-25-12-5-7-13(8-6-12)26-16-9-10-24-19(29)17(16)18-27-14-3-1-2-4-15(14)28-18/h1-4,9-10,12-13,25H,5-8,11H2,(H,27,28)(H2,24,26,29). The van der Waals surface area contributed by atoms with Crippen LogP contribution in [0.25, 0.3) is 22.4 Å². The number of aromatic amines is 2. The van der Waals surface area contributed by atoms with Crippen LogP contribution in [0.15, 0.2) is 41.3 Å². The summed E-state index contributed by atoms with van der Waals surface area (Å²) in [6.07, 6.45) is 0.132. The number of hydrogen-bond donors (Lipinski definition) is 4. The fourth-order valence-electron chi connectivity index (χ4n) is 3.83. The lowest BCUT2D eigenvalue weighted by Gasteiger charge is -2.31. The molecule has 0 atom stereocenters. The maximum absolute atomic E-state index is 12.5. The van der Waals surface area contributed by atoms with Gasteiger partial charge in [0.1, 0.15) is 11.4 Å². The van der Waals surface area contributed by atoms with Crippen molar-refractivity contribution in [3.8, 4) is 11.4 Å². The van der Waals surface area contributed by atoms with Gasteiger partial charge in [0.25, 0.3) is 5.56 Å². The molecule has 1 saturated carbocycles. The van der Waals surface area contributed by atoms with Gasteiger partial charge in [0.05, 0.1) is 23.3 Å². The molecule has 9 heteroatoms. The molecule has 0 aliphatic heterocycles. The molecule has 2 aromatic heterocycles. The van der Waals surface area contributed by atoms with Crippen LogP contribution in [-0.2, 0) is 0 Å². The van der Waals surface area contributed by atoms with Gasteiger partial charge in [-0.1, -0.05) is 12.1 Å². The average molecular weight is 405 g/mol. The summed E-state index contributed by atoms with van der Waals surface area (Å²) in [4.78, 5) is 22.9. The molecular formula is C20H22F3N5O. The molecule has 1 aliphatic rings. The highest BCUT2D eigenvalue weighted by Gasteiger charge is 2.30. The Bertz CT molecular complexity index is 1000. The quantitative estimate of drug-likeness (QED) is 0.520. The second-order valence-electron chi connectivity index (χ2n) is 7.39. The molecule has 0 spiro atoms. The van der Waals surface area contributed by atoms with Crippen LogP contribution in [0, 0.1) is 0 Å². The number of para-hydroxylation sites is 2. The first-order valence-electron chi connectivity index (χ1n) is 9.62. The second-order valence-corrected chi connectivity index (χ2v) is 7.39. The number of nitrogens with zero attached hydrogens (tertiary/aromatic N) is 1. The number of fused-ring (bicyclic) bond motifs is 1. The van der Waals surface area contributed by atoms with Crippen molar-refractivity contribution in [1.82, 2.24) is 20.3 Å². The molecule has 2 heterocycles. The SMILES string of the molecule is O=c1[nH]ccc(NC2CCC(NCC(F)(F)F)CC2)c1-c1nc2ccccc2[nH]1. The number of alkyl halides is 3. The molecule has 1 aliphatic carbocycles. The van der Waals surface area contributed by atoms with Crippen LogP contribution in [-0.4, -0.2) is 39.8 Å². The minimum absolute atomic E-state index is 0.0869. The predicted molar refractivity (Wildman–Crippen MR) is 106 cm³/mol. The van der Waals surface area contributed by atoms with Gasteiger partial charge in [0.2, 0.25) is 0 Å². The Kier molecular flexibility index (Phi) is 5.31. The summed E-state index contributed by atoms with van der Waals surface area (Å²) in [6.45, 7) is -0.958. The molecule has 4 N–H and O–H groups in total. The monoisotopic (exact) mass is 405 g/mol. The zero-order chi connectivity index (χ0) is 20.4. The van der Waals surface area contributed by atoms with Crippen LogP contribution in [0.5, 0.6) is 0 Å². The van der Waals surface area contributed by atoms with E-state index in [9.17, 15) is 18.0 Å². The van der Waals surface area contributed by atoms with Crippen molar-refractivity contribution in [2.75, 3.05) is 11.9 Å². The number of rotatable bonds is 5. The summed E-state index contributed by atoms with van der Waals surface area (Å²) in [7, 11) is 0. The normalized spacial score (nSPS) is 20.1. The second kappa shape index (κ2) is 7.90. The Hall–Kier alpha value is -2.81. The molecule has 6 nitrogen and oxygen atoms in total. The van der Waals surface area contributed by atoms with Crippen LogP contribution in [0.1, 0.15) is 25.7 Å². The van der Waals surface area contributed by atoms with Crippen molar-refractivity contribution in [2.45, 2.75) is 43.9 Å². The first kappa shape index (κ1) is 19.5. The van der Waals surface area contributed by atoms with Crippen molar-refractivity contribution in [1.29, 1.82) is 0 Å². The van der Waals surface area contributed by atoms with E-state index in [2.05, 4.69) is 25.6 Å². The molecule has 4 rings (SSSR count). The van der Waals surface area contributed by atoms with E-state index in [4.69, 9.17) is 0 Å². The van der Waals surface area contributed by atoms with E-state index in [1.165, 1.54) is 0 Å². The number of nitrogens with one attached hydrogen (secondary N) is 4. The largest absolute Gasteiger partial charge is 0.401 e. The van der Waals surface area contributed by atoms with E-state index in [0.717, 1.165) is 23.9 Å². The molecule has 154 valence electrons. The Morgan fingerprint density at radius 1 is 1.07 bits per heavy atom. The predicted octanol–water partition coefficient (Wildman–Crippen LogP) is 3.79. The topological polar surface area (TPSA) is 85.6 Å². The first-order valence-corrected chi connectivity index (χ1v) is 9.62. The molecule has 0 saturated heterocycles. The smallest absolute Gasteiger partial charge is 0.382 e. The van der Waals surface area contributed by atoms with Gasteiger partial charge in [0, 0.05) is 18.3 Å². The highest BCUT2D eigenvalue weighted by molar-refractivity contribution is 5.82. The third kappa shape index (κ3) is 4.61. The summed E-state index contributed by atoms with van der Waals surface area (Å²) in [5.41, 5.74) is 2.45. The third-order valence-electron chi connectivity index (χ3n) is 5.26. The summed E-state index contributed by atoms with van der Waals surface area (Å²) >= 11 is 0.